The Hall–Kier alpha value is -2.12. The topological polar surface area (TPSA) is 68.9 Å². The Labute approximate surface area is 124 Å². The summed E-state index contributed by atoms with van der Waals surface area (Å²) < 4.78 is 0. The van der Waals surface area contributed by atoms with Gasteiger partial charge >= 0.3 is 0 Å². The SMILES string of the molecule is N#Cc1cc(NCC2CCCC(O)C2)nc2ccccc12. The Balaban J connectivity index is 1.76. The molecule has 1 heterocycles. The maximum atomic E-state index is 9.71. The first-order chi connectivity index (χ1) is 10.3. The molecule has 1 aliphatic rings. The van der Waals surface area contributed by atoms with Gasteiger partial charge in [0.25, 0.3) is 0 Å². The third-order valence-corrected chi connectivity index (χ3v) is 4.16. The molecule has 2 N–H and O–H groups in total. The molecule has 108 valence electrons. The van der Waals surface area contributed by atoms with Crippen LogP contribution in [0.25, 0.3) is 10.9 Å². The molecule has 1 aromatic carbocycles. The molecule has 0 aliphatic heterocycles. The number of fused-ring (bicyclic) bond motifs is 1. The van der Waals surface area contributed by atoms with Gasteiger partial charge in [-0.15, -0.1) is 0 Å². The molecule has 21 heavy (non-hydrogen) atoms. The molecule has 0 radical (unpaired) electrons. The summed E-state index contributed by atoms with van der Waals surface area (Å²) in [5, 5.41) is 23.2. The highest BCUT2D eigenvalue weighted by Gasteiger charge is 2.20. The second-order valence-corrected chi connectivity index (χ2v) is 5.75. The Morgan fingerprint density at radius 3 is 3.00 bits per heavy atom. The zero-order valence-corrected chi connectivity index (χ0v) is 11.9. The van der Waals surface area contributed by atoms with Crippen molar-refractivity contribution in [1.82, 2.24) is 4.98 Å². The van der Waals surface area contributed by atoms with Crippen LogP contribution in [0.3, 0.4) is 0 Å². The zero-order chi connectivity index (χ0) is 14.7. The number of aliphatic hydroxyl groups excluding tert-OH is 1. The summed E-state index contributed by atoms with van der Waals surface area (Å²) in [6, 6.07) is 11.7. The molecule has 1 aliphatic carbocycles. The number of benzene rings is 1. The fourth-order valence-corrected chi connectivity index (χ4v) is 3.06. The van der Waals surface area contributed by atoms with Crippen LogP contribution < -0.4 is 5.32 Å². The molecular formula is C17H19N3O. The molecule has 0 spiro atoms. The van der Waals surface area contributed by atoms with Gasteiger partial charge in [-0.25, -0.2) is 4.98 Å². The predicted molar refractivity (Wildman–Crippen MR) is 82.9 cm³/mol. The van der Waals surface area contributed by atoms with E-state index in [9.17, 15) is 10.4 Å². The Kier molecular flexibility index (Phi) is 4.03. The van der Waals surface area contributed by atoms with Crippen LogP contribution in [-0.2, 0) is 0 Å². The molecule has 2 aromatic rings. The van der Waals surface area contributed by atoms with Crippen LogP contribution in [0.5, 0.6) is 0 Å². The second kappa shape index (κ2) is 6.11. The fourth-order valence-electron chi connectivity index (χ4n) is 3.06. The highest BCUT2D eigenvalue weighted by atomic mass is 16.3. The van der Waals surface area contributed by atoms with Crippen molar-refractivity contribution in [3.63, 3.8) is 0 Å². The van der Waals surface area contributed by atoms with Crippen LogP contribution in [0.4, 0.5) is 5.82 Å². The lowest BCUT2D eigenvalue weighted by molar-refractivity contribution is 0.104. The number of anilines is 1. The molecule has 0 bridgehead atoms. The number of nitrogens with one attached hydrogen (secondary N) is 1. The summed E-state index contributed by atoms with van der Waals surface area (Å²) in [6.07, 6.45) is 3.84. The lowest BCUT2D eigenvalue weighted by Crippen LogP contribution is -2.25. The lowest BCUT2D eigenvalue weighted by atomic mass is 9.87. The lowest BCUT2D eigenvalue weighted by Gasteiger charge is -2.26. The third-order valence-electron chi connectivity index (χ3n) is 4.16. The first-order valence-corrected chi connectivity index (χ1v) is 7.48. The number of aromatic nitrogens is 1. The number of pyridine rings is 1. The molecule has 0 amide bonds. The number of hydrogen-bond acceptors (Lipinski definition) is 4. The van der Waals surface area contributed by atoms with E-state index in [0.29, 0.717) is 11.5 Å². The highest BCUT2D eigenvalue weighted by Crippen LogP contribution is 2.25. The van der Waals surface area contributed by atoms with Crippen LogP contribution in [0.2, 0.25) is 0 Å². The molecule has 1 aromatic heterocycles. The van der Waals surface area contributed by atoms with Gasteiger partial charge in [-0.05, 0) is 37.3 Å². The van der Waals surface area contributed by atoms with Gasteiger partial charge in [-0.2, -0.15) is 5.26 Å². The van der Waals surface area contributed by atoms with Gasteiger partial charge in [0, 0.05) is 11.9 Å². The first kappa shape index (κ1) is 13.8. The molecule has 1 fully saturated rings. The Morgan fingerprint density at radius 1 is 1.33 bits per heavy atom. The summed E-state index contributed by atoms with van der Waals surface area (Å²) in [5.41, 5.74) is 1.48. The van der Waals surface area contributed by atoms with Gasteiger partial charge in [0.2, 0.25) is 0 Å². The van der Waals surface area contributed by atoms with Crippen molar-refractivity contribution in [2.45, 2.75) is 31.8 Å². The minimum atomic E-state index is -0.162. The molecular weight excluding hydrogens is 262 g/mol. The average Bonchev–Trinajstić information content (AvgIpc) is 2.52. The van der Waals surface area contributed by atoms with E-state index < -0.39 is 0 Å². The van der Waals surface area contributed by atoms with E-state index in [2.05, 4.69) is 16.4 Å². The van der Waals surface area contributed by atoms with Crippen LogP contribution in [-0.4, -0.2) is 22.7 Å². The van der Waals surface area contributed by atoms with Crippen LogP contribution in [0.15, 0.2) is 30.3 Å². The van der Waals surface area contributed by atoms with E-state index >= 15 is 0 Å². The van der Waals surface area contributed by atoms with Crippen molar-refractivity contribution < 1.29 is 5.11 Å². The molecule has 4 heteroatoms. The fraction of sp³-hybridized carbons (Fsp3) is 0.412. The monoisotopic (exact) mass is 281 g/mol. The minimum Gasteiger partial charge on any atom is -0.393 e. The molecule has 3 rings (SSSR count). The quantitative estimate of drug-likeness (QED) is 0.907. The smallest absolute Gasteiger partial charge is 0.127 e. The van der Waals surface area contributed by atoms with Gasteiger partial charge in [0.05, 0.1) is 23.3 Å². The van der Waals surface area contributed by atoms with E-state index in [-0.39, 0.29) is 6.10 Å². The molecule has 2 unspecified atom stereocenters. The van der Waals surface area contributed by atoms with Crippen molar-refractivity contribution in [2.24, 2.45) is 5.92 Å². The van der Waals surface area contributed by atoms with Crippen molar-refractivity contribution in [2.75, 3.05) is 11.9 Å². The van der Waals surface area contributed by atoms with Gasteiger partial charge in [-0.1, -0.05) is 24.6 Å². The molecule has 4 nitrogen and oxygen atoms in total. The van der Waals surface area contributed by atoms with Crippen molar-refractivity contribution in [1.29, 1.82) is 5.26 Å². The van der Waals surface area contributed by atoms with E-state index in [1.807, 2.05) is 30.3 Å². The van der Waals surface area contributed by atoms with Crippen LogP contribution in [0, 0.1) is 17.2 Å². The largest absolute Gasteiger partial charge is 0.393 e. The Morgan fingerprint density at radius 2 is 2.19 bits per heavy atom. The van der Waals surface area contributed by atoms with Gasteiger partial charge in [-0.3, -0.25) is 0 Å². The van der Waals surface area contributed by atoms with Crippen LogP contribution in [0.1, 0.15) is 31.2 Å². The molecule has 2 atom stereocenters. The van der Waals surface area contributed by atoms with E-state index in [0.717, 1.165) is 48.9 Å². The van der Waals surface area contributed by atoms with Crippen molar-refractivity contribution >= 4 is 16.7 Å². The van der Waals surface area contributed by atoms with Gasteiger partial charge < -0.3 is 10.4 Å². The minimum absolute atomic E-state index is 0.162. The zero-order valence-electron chi connectivity index (χ0n) is 11.9. The van der Waals surface area contributed by atoms with E-state index in [4.69, 9.17) is 0 Å². The number of para-hydroxylation sites is 1. The maximum Gasteiger partial charge on any atom is 0.127 e. The number of rotatable bonds is 3. The van der Waals surface area contributed by atoms with E-state index in [1.54, 1.807) is 0 Å². The molecule has 1 saturated carbocycles. The molecule has 0 saturated heterocycles. The summed E-state index contributed by atoms with van der Waals surface area (Å²) >= 11 is 0. The van der Waals surface area contributed by atoms with Crippen molar-refractivity contribution in [3.05, 3.63) is 35.9 Å². The first-order valence-electron chi connectivity index (χ1n) is 7.48. The summed E-state index contributed by atoms with van der Waals surface area (Å²) in [4.78, 5) is 4.56. The predicted octanol–water partition coefficient (Wildman–Crippen LogP) is 3.07. The van der Waals surface area contributed by atoms with E-state index in [1.165, 1.54) is 0 Å². The number of hydrogen-bond donors (Lipinski definition) is 2. The average molecular weight is 281 g/mol. The summed E-state index contributed by atoms with van der Waals surface area (Å²) in [7, 11) is 0. The normalized spacial score (nSPS) is 21.9. The number of nitrogens with zero attached hydrogens (tertiary/aromatic N) is 2. The van der Waals surface area contributed by atoms with Gasteiger partial charge in [0.1, 0.15) is 5.82 Å². The third kappa shape index (κ3) is 3.14. The highest BCUT2D eigenvalue weighted by molar-refractivity contribution is 5.86. The number of aliphatic hydroxyl groups is 1. The second-order valence-electron chi connectivity index (χ2n) is 5.75. The van der Waals surface area contributed by atoms with Gasteiger partial charge in [0.15, 0.2) is 0 Å². The summed E-state index contributed by atoms with van der Waals surface area (Å²) in [6.45, 7) is 0.799. The van der Waals surface area contributed by atoms with Crippen LogP contribution >= 0.6 is 0 Å². The standard InChI is InChI=1S/C17H19N3O/c18-10-13-9-17(20-16-7-2-1-6-15(13)16)19-11-12-4-3-5-14(21)8-12/h1-2,6-7,9,12,14,21H,3-5,8,11H2,(H,19,20). The van der Waals surface area contributed by atoms with Crippen molar-refractivity contribution in [3.8, 4) is 6.07 Å². The summed E-state index contributed by atoms with van der Waals surface area (Å²) in [5.74, 6) is 1.22. The maximum absolute atomic E-state index is 9.71. The Bertz CT molecular complexity index is 677. The number of nitriles is 1.